The number of anilines is 1. The second-order valence-corrected chi connectivity index (χ2v) is 8.00. The zero-order valence-electron chi connectivity index (χ0n) is 19.0. The number of methoxy groups -OCH3 is 1. The number of aryl methyl sites for hydroxylation is 2. The number of nitrogens with one attached hydrogen (secondary N) is 2. The Morgan fingerprint density at radius 1 is 1.21 bits per heavy atom. The molecule has 0 radical (unpaired) electrons. The van der Waals surface area contributed by atoms with Crippen LogP contribution in [-0.2, 0) is 11.3 Å². The van der Waals surface area contributed by atoms with Crippen LogP contribution in [0.2, 0.25) is 0 Å². The third kappa shape index (κ3) is 4.22. The molecule has 0 aliphatic heterocycles. The number of fused-ring (bicyclic) bond motifs is 1. The molecule has 2 aromatic heterocycles. The molecule has 1 atom stereocenters. The van der Waals surface area contributed by atoms with Gasteiger partial charge in [0.15, 0.2) is 5.82 Å². The van der Waals surface area contributed by atoms with Crippen molar-refractivity contribution in [1.82, 2.24) is 25.3 Å². The fourth-order valence-electron chi connectivity index (χ4n) is 3.71. The summed E-state index contributed by atoms with van der Waals surface area (Å²) in [6.07, 6.45) is -0.406. The predicted octanol–water partition coefficient (Wildman–Crippen LogP) is 2.95. The molecule has 0 saturated carbocycles. The average molecular weight is 447 g/mol. The van der Waals surface area contributed by atoms with E-state index in [1.54, 1.807) is 11.8 Å². The molecule has 0 fully saturated rings. The molecule has 170 valence electrons. The molecule has 1 unspecified atom stereocenters. The summed E-state index contributed by atoms with van der Waals surface area (Å²) in [6.45, 7) is 6.07. The Morgan fingerprint density at radius 3 is 2.64 bits per heavy atom. The van der Waals surface area contributed by atoms with E-state index in [0.29, 0.717) is 34.4 Å². The molecular weight excluding hydrogens is 420 g/mol. The quantitative estimate of drug-likeness (QED) is 0.418. The second kappa shape index (κ2) is 8.87. The lowest BCUT2D eigenvalue weighted by molar-refractivity contribution is 0.0950. The van der Waals surface area contributed by atoms with Gasteiger partial charge in [-0.25, -0.2) is 9.78 Å². The Balaban J connectivity index is 1.61. The number of rotatable bonds is 6. The van der Waals surface area contributed by atoms with Crippen molar-refractivity contribution in [3.8, 4) is 5.69 Å². The van der Waals surface area contributed by atoms with E-state index in [1.807, 2.05) is 63.2 Å². The molecule has 2 heterocycles. The van der Waals surface area contributed by atoms with Gasteiger partial charge in [0.25, 0.3) is 11.5 Å². The number of hydrogen-bond acceptors (Lipinski definition) is 6. The topological polar surface area (TPSA) is 128 Å². The van der Waals surface area contributed by atoms with Crippen LogP contribution in [0.1, 0.15) is 45.8 Å². The Bertz CT molecular complexity index is 1390. The van der Waals surface area contributed by atoms with Crippen molar-refractivity contribution in [3.63, 3.8) is 0 Å². The summed E-state index contributed by atoms with van der Waals surface area (Å²) in [5.41, 5.74) is 10.9. The summed E-state index contributed by atoms with van der Waals surface area (Å²) < 4.78 is 6.98. The lowest BCUT2D eigenvalue weighted by Gasteiger charge is -2.10. The van der Waals surface area contributed by atoms with E-state index < -0.39 is 6.10 Å². The number of nitrogens with two attached hydrogens (primary N) is 1. The van der Waals surface area contributed by atoms with Crippen molar-refractivity contribution in [1.29, 1.82) is 0 Å². The number of carbonyl (C=O) groups excluding carboxylic acids is 1. The van der Waals surface area contributed by atoms with E-state index in [0.717, 1.165) is 16.7 Å². The Labute approximate surface area is 190 Å². The van der Waals surface area contributed by atoms with Crippen molar-refractivity contribution in [3.05, 3.63) is 80.8 Å². The highest BCUT2D eigenvalue weighted by atomic mass is 16.5. The molecule has 2 aromatic carbocycles. The summed E-state index contributed by atoms with van der Waals surface area (Å²) in [4.78, 5) is 25.1. The van der Waals surface area contributed by atoms with Crippen molar-refractivity contribution in [2.24, 2.45) is 0 Å². The van der Waals surface area contributed by atoms with Crippen molar-refractivity contribution in [2.75, 3.05) is 12.8 Å². The van der Waals surface area contributed by atoms with E-state index in [4.69, 9.17) is 10.5 Å². The van der Waals surface area contributed by atoms with E-state index in [1.165, 1.54) is 0 Å². The van der Waals surface area contributed by atoms with E-state index in [2.05, 4.69) is 20.6 Å². The predicted molar refractivity (Wildman–Crippen MR) is 126 cm³/mol. The molecule has 4 aromatic rings. The summed E-state index contributed by atoms with van der Waals surface area (Å²) in [5, 5.41) is 14.2. The van der Waals surface area contributed by atoms with Gasteiger partial charge in [-0.2, -0.15) is 10.2 Å². The number of hydrogen-bond donors (Lipinski definition) is 3. The Kier molecular flexibility index (Phi) is 5.97. The molecule has 1 amide bonds. The number of nitrogen functional groups attached to an aromatic ring is 1. The summed E-state index contributed by atoms with van der Waals surface area (Å²) in [5.74, 6) is 0.0473. The van der Waals surface area contributed by atoms with Gasteiger partial charge in [-0.1, -0.05) is 29.8 Å². The van der Waals surface area contributed by atoms with Crippen molar-refractivity contribution < 1.29 is 9.53 Å². The fourth-order valence-corrected chi connectivity index (χ4v) is 3.71. The van der Waals surface area contributed by atoms with Gasteiger partial charge in [-0.05, 0) is 50.1 Å². The smallest absolute Gasteiger partial charge is 0.275 e. The highest BCUT2D eigenvalue weighted by Gasteiger charge is 2.22. The minimum absolute atomic E-state index is 0.116. The Hall–Kier alpha value is -3.98. The number of amides is 1. The molecular formula is C24H26N6O3. The first-order valence-electron chi connectivity index (χ1n) is 10.5. The summed E-state index contributed by atoms with van der Waals surface area (Å²) in [7, 11) is 1.55. The summed E-state index contributed by atoms with van der Waals surface area (Å²) >= 11 is 0. The van der Waals surface area contributed by atoms with Gasteiger partial charge in [0.05, 0.1) is 17.2 Å². The SMILES string of the molecule is COC(C)c1nn(-c2ccc(CNC(=O)c3cc(C)ccc3C)cc2)c2c(N)n[nH]c(=O)c12. The van der Waals surface area contributed by atoms with E-state index in [-0.39, 0.29) is 17.3 Å². The molecule has 0 aliphatic rings. The largest absolute Gasteiger partial charge is 0.380 e. The minimum atomic E-state index is -0.406. The number of carbonyl (C=O) groups is 1. The molecule has 0 bridgehead atoms. The van der Waals surface area contributed by atoms with Crippen LogP contribution in [0, 0.1) is 13.8 Å². The average Bonchev–Trinajstić information content (AvgIpc) is 3.23. The monoisotopic (exact) mass is 446 g/mol. The van der Waals surface area contributed by atoms with Gasteiger partial charge >= 0.3 is 0 Å². The highest BCUT2D eigenvalue weighted by Crippen LogP contribution is 2.27. The normalized spacial score (nSPS) is 12.1. The fraction of sp³-hybridized carbons (Fsp3) is 0.250. The lowest BCUT2D eigenvalue weighted by Crippen LogP contribution is -2.23. The molecule has 4 N–H and O–H groups in total. The molecule has 9 nitrogen and oxygen atoms in total. The molecule has 9 heteroatoms. The molecule has 33 heavy (non-hydrogen) atoms. The van der Waals surface area contributed by atoms with Crippen LogP contribution in [0.4, 0.5) is 5.82 Å². The zero-order valence-corrected chi connectivity index (χ0v) is 19.0. The summed E-state index contributed by atoms with van der Waals surface area (Å²) in [6, 6.07) is 13.3. The number of benzene rings is 2. The lowest BCUT2D eigenvalue weighted by atomic mass is 10.0. The third-order valence-electron chi connectivity index (χ3n) is 5.67. The maximum absolute atomic E-state index is 12.6. The van der Waals surface area contributed by atoms with Crippen LogP contribution in [0.25, 0.3) is 16.6 Å². The van der Waals surface area contributed by atoms with E-state index in [9.17, 15) is 9.59 Å². The van der Waals surface area contributed by atoms with E-state index >= 15 is 0 Å². The third-order valence-corrected chi connectivity index (χ3v) is 5.67. The highest BCUT2D eigenvalue weighted by molar-refractivity contribution is 5.95. The number of aromatic nitrogens is 4. The van der Waals surface area contributed by atoms with Crippen LogP contribution in [0.5, 0.6) is 0 Å². The minimum Gasteiger partial charge on any atom is -0.380 e. The maximum atomic E-state index is 12.6. The van der Waals surface area contributed by atoms with Crippen molar-refractivity contribution in [2.45, 2.75) is 33.4 Å². The van der Waals surface area contributed by atoms with Crippen LogP contribution in [-0.4, -0.2) is 33.0 Å². The zero-order chi connectivity index (χ0) is 23.7. The molecule has 0 saturated heterocycles. The van der Waals surface area contributed by atoms with Crippen LogP contribution in [0.3, 0.4) is 0 Å². The van der Waals surface area contributed by atoms with Crippen LogP contribution in [0.15, 0.2) is 47.3 Å². The van der Waals surface area contributed by atoms with Crippen molar-refractivity contribution >= 4 is 22.6 Å². The Morgan fingerprint density at radius 2 is 1.94 bits per heavy atom. The van der Waals surface area contributed by atoms with Gasteiger partial charge in [0.1, 0.15) is 11.2 Å². The number of ether oxygens (including phenoxy) is 1. The van der Waals surface area contributed by atoms with Crippen LogP contribution >= 0.6 is 0 Å². The molecule has 0 spiro atoms. The number of nitrogens with zero attached hydrogens (tertiary/aromatic N) is 3. The van der Waals surface area contributed by atoms with Gasteiger partial charge in [0.2, 0.25) is 0 Å². The van der Waals surface area contributed by atoms with Gasteiger partial charge in [-0.15, -0.1) is 0 Å². The van der Waals surface area contributed by atoms with Gasteiger partial charge < -0.3 is 15.8 Å². The second-order valence-electron chi connectivity index (χ2n) is 8.00. The number of H-pyrrole nitrogens is 1. The standard InChI is InChI=1S/C24H26N6O3/c1-13-5-6-14(2)18(11-13)23(31)26-12-16-7-9-17(10-8-16)30-21-19(20(29-30)15(3)33-4)24(32)28-27-22(21)25/h5-11,15H,12H2,1-4H3,(H2,25,27)(H,26,31)(H,28,32). The molecule has 4 rings (SSSR count). The first kappa shape index (κ1) is 22.2. The number of aromatic amines is 1. The van der Waals surface area contributed by atoms with Crippen LogP contribution < -0.4 is 16.6 Å². The van der Waals surface area contributed by atoms with Gasteiger partial charge in [0, 0.05) is 19.2 Å². The first-order valence-corrected chi connectivity index (χ1v) is 10.5. The maximum Gasteiger partial charge on any atom is 0.275 e. The van der Waals surface area contributed by atoms with Gasteiger partial charge in [-0.3, -0.25) is 9.59 Å². The molecule has 0 aliphatic carbocycles. The first-order chi connectivity index (χ1) is 15.8.